The van der Waals surface area contributed by atoms with Gasteiger partial charge in [0.2, 0.25) is 0 Å². The van der Waals surface area contributed by atoms with Gasteiger partial charge in [0, 0.05) is 0 Å². The van der Waals surface area contributed by atoms with Gasteiger partial charge >= 0.3 is 5.97 Å². The summed E-state index contributed by atoms with van der Waals surface area (Å²) in [5.74, 6) is -1.15. The molecule has 0 radical (unpaired) electrons. The van der Waals surface area contributed by atoms with E-state index in [1.54, 1.807) is 0 Å². The molecule has 0 amide bonds. The molecule has 0 aliphatic rings. The number of benzene rings is 2. The summed E-state index contributed by atoms with van der Waals surface area (Å²) >= 11 is 0. The molecule has 0 saturated heterocycles. The molecule has 0 aliphatic carbocycles. The van der Waals surface area contributed by atoms with Gasteiger partial charge in [0.15, 0.2) is 0 Å². The summed E-state index contributed by atoms with van der Waals surface area (Å²) in [6.45, 7) is 4.47. The number of carboxylic acid groups (broad SMARTS) is 1. The van der Waals surface area contributed by atoms with Gasteiger partial charge in [0.1, 0.15) is 0 Å². The molecule has 2 aromatic carbocycles. The molecule has 2 nitrogen and oxygen atoms in total. The molecule has 1 N–H and O–H groups in total. The summed E-state index contributed by atoms with van der Waals surface area (Å²) in [5, 5.41) is 10.9. The molecule has 2 aromatic rings. The minimum Gasteiger partial charge on any atom is -0.481 e. The fraction of sp³-hybridized carbons (Fsp3) is 0.235. The van der Waals surface area contributed by atoms with Crippen LogP contribution in [0.3, 0.4) is 0 Å². The fourth-order valence-electron chi connectivity index (χ4n) is 2.55. The van der Waals surface area contributed by atoms with Crippen molar-refractivity contribution in [2.45, 2.75) is 25.1 Å². The van der Waals surface area contributed by atoms with Crippen LogP contribution in [0.25, 0.3) is 0 Å². The van der Waals surface area contributed by atoms with E-state index in [0.717, 1.165) is 11.6 Å². The Morgan fingerprint density at radius 1 is 1.00 bits per heavy atom. The van der Waals surface area contributed by atoms with E-state index in [2.05, 4.69) is 25.2 Å². The van der Waals surface area contributed by atoms with Crippen LogP contribution in [0.5, 0.6) is 0 Å². The predicted octanol–water partition coefficient (Wildman–Crippen LogP) is 3.47. The third kappa shape index (κ3) is 3.36. The van der Waals surface area contributed by atoms with Crippen molar-refractivity contribution in [2.24, 2.45) is 0 Å². The topological polar surface area (TPSA) is 37.3 Å². The molecular weight excluding hydrogens is 264 g/mol. The maximum atomic E-state index is 11.6. The maximum Gasteiger partial charge on any atom is 0.310 e. The second-order valence-electron chi connectivity index (χ2n) is 5.76. The molecule has 0 saturated carbocycles. The molecule has 1 atom stereocenters. The van der Waals surface area contributed by atoms with Crippen LogP contribution < -0.4 is 5.19 Å². The highest BCUT2D eigenvalue weighted by molar-refractivity contribution is 6.90. The Labute approximate surface area is 121 Å². The van der Waals surface area contributed by atoms with Crippen LogP contribution in [0, 0.1) is 0 Å². The van der Waals surface area contributed by atoms with Gasteiger partial charge in [-0.15, -0.1) is 0 Å². The van der Waals surface area contributed by atoms with Crippen LogP contribution in [-0.4, -0.2) is 19.1 Å². The monoisotopic (exact) mass is 284 g/mol. The van der Waals surface area contributed by atoms with Gasteiger partial charge in [-0.2, -0.15) is 0 Å². The zero-order chi connectivity index (χ0) is 14.6. The number of hydrogen-bond acceptors (Lipinski definition) is 1. The zero-order valence-electron chi connectivity index (χ0n) is 11.9. The first kappa shape index (κ1) is 14.5. The first-order valence-corrected chi connectivity index (χ1v) is 10.0. The van der Waals surface area contributed by atoms with Gasteiger partial charge in [-0.1, -0.05) is 78.9 Å². The lowest BCUT2D eigenvalue weighted by atomic mass is 10.0. The summed E-state index contributed by atoms with van der Waals surface area (Å²) in [7, 11) is -1.77. The molecule has 0 aliphatic heterocycles. The summed E-state index contributed by atoms with van der Waals surface area (Å²) in [6, 6.07) is 20.6. The lowest BCUT2D eigenvalue weighted by Gasteiger charge is -2.26. The molecule has 104 valence electrons. The van der Waals surface area contributed by atoms with Crippen molar-refractivity contribution >= 4 is 19.2 Å². The summed E-state index contributed by atoms with van der Waals surface area (Å²) in [6.07, 6.45) is 0. The van der Waals surface area contributed by atoms with E-state index in [0.29, 0.717) is 0 Å². The van der Waals surface area contributed by atoms with Crippen molar-refractivity contribution < 1.29 is 9.90 Å². The van der Waals surface area contributed by atoms with E-state index in [1.807, 2.05) is 48.5 Å². The van der Waals surface area contributed by atoms with Crippen molar-refractivity contribution in [3.63, 3.8) is 0 Å². The predicted molar refractivity (Wildman–Crippen MR) is 85.2 cm³/mol. The fourth-order valence-corrected chi connectivity index (χ4v) is 5.31. The van der Waals surface area contributed by atoms with Gasteiger partial charge in [0.05, 0.1) is 14.0 Å². The highest BCUT2D eigenvalue weighted by atomic mass is 28.3. The third-order valence-corrected chi connectivity index (χ3v) is 7.09. The molecule has 0 bridgehead atoms. The van der Waals surface area contributed by atoms with Gasteiger partial charge in [-0.05, 0) is 11.6 Å². The lowest BCUT2D eigenvalue weighted by Crippen LogP contribution is -2.43. The Morgan fingerprint density at radius 3 is 2.00 bits per heavy atom. The second kappa shape index (κ2) is 6.05. The molecule has 3 heteroatoms. The molecule has 0 aromatic heterocycles. The highest BCUT2D eigenvalue weighted by Gasteiger charge is 2.31. The molecule has 1 unspecified atom stereocenters. The van der Waals surface area contributed by atoms with Crippen molar-refractivity contribution in [3.05, 3.63) is 66.2 Å². The van der Waals surface area contributed by atoms with E-state index in [9.17, 15) is 9.90 Å². The third-order valence-electron chi connectivity index (χ3n) is 3.77. The van der Waals surface area contributed by atoms with Crippen molar-refractivity contribution in [2.75, 3.05) is 0 Å². The number of carboxylic acids is 1. The molecule has 2 rings (SSSR count). The molecular formula is C17H20O2Si. The average molecular weight is 284 g/mol. The standard InChI is InChI=1S/C17H20O2Si/c1-20(2,15-11-7-4-8-12-15)13-16(17(18)19)14-9-5-3-6-10-14/h3-12,16H,13H2,1-2H3,(H,18,19). The molecule has 0 fully saturated rings. The molecule has 20 heavy (non-hydrogen) atoms. The van der Waals surface area contributed by atoms with Gasteiger partial charge in [-0.25, -0.2) is 0 Å². The van der Waals surface area contributed by atoms with Crippen molar-refractivity contribution in [3.8, 4) is 0 Å². The van der Waals surface area contributed by atoms with E-state index in [1.165, 1.54) is 5.19 Å². The first-order chi connectivity index (χ1) is 9.50. The van der Waals surface area contributed by atoms with E-state index in [-0.39, 0.29) is 0 Å². The number of hydrogen-bond donors (Lipinski definition) is 1. The minimum absolute atomic E-state index is 0.418. The minimum atomic E-state index is -1.77. The summed E-state index contributed by atoms with van der Waals surface area (Å²) < 4.78 is 0. The SMILES string of the molecule is C[Si](C)(CC(C(=O)O)c1ccccc1)c1ccccc1. The Balaban J connectivity index is 2.27. The van der Waals surface area contributed by atoms with E-state index < -0.39 is 20.0 Å². The number of aliphatic carboxylic acids is 1. The van der Waals surface area contributed by atoms with Crippen LogP contribution in [0.2, 0.25) is 19.1 Å². The second-order valence-corrected chi connectivity index (χ2v) is 10.5. The molecule has 0 spiro atoms. The number of rotatable bonds is 5. The maximum absolute atomic E-state index is 11.6. The van der Waals surface area contributed by atoms with Crippen LogP contribution >= 0.6 is 0 Å². The van der Waals surface area contributed by atoms with Gasteiger partial charge < -0.3 is 5.11 Å². The average Bonchev–Trinajstić information content (AvgIpc) is 2.46. The zero-order valence-corrected chi connectivity index (χ0v) is 12.9. The van der Waals surface area contributed by atoms with Crippen molar-refractivity contribution in [1.82, 2.24) is 0 Å². The van der Waals surface area contributed by atoms with Crippen LogP contribution in [0.1, 0.15) is 11.5 Å². The number of carbonyl (C=O) groups is 1. The van der Waals surface area contributed by atoms with E-state index >= 15 is 0 Å². The Morgan fingerprint density at radius 2 is 1.50 bits per heavy atom. The normalized spacial score (nSPS) is 12.9. The van der Waals surface area contributed by atoms with Crippen LogP contribution in [-0.2, 0) is 4.79 Å². The largest absolute Gasteiger partial charge is 0.481 e. The highest BCUT2D eigenvalue weighted by Crippen LogP contribution is 2.27. The quantitative estimate of drug-likeness (QED) is 0.854. The van der Waals surface area contributed by atoms with E-state index in [4.69, 9.17) is 0 Å². The van der Waals surface area contributed by atoms with Crippen LogP contribution in [0.15, 0.2) is 60.7 Å². The Hall–Kier alpha value is -1.87. The van der Waals surface area contributed by atoms with Crippen LogP contribution in [0.4, 0.5) is 0 Å². The first-order valence-electron chi connectivity index (χ1n) is 6.84. The smallest absolute Gasteiger partial charge is 0.310 e. The molecule has 0 heterocycles. The lowest BCUT2D eigenvalue weighted by molar-refractivity contribution is -0.138. The Kier molecular flexibility index (Phi) is 4.40. The van der Waals surface area contributed by atoms with Gasteiger partial charge in [-0.3, -0.25) is 4.79 Å². The summed E-state index contributed by atoms with van der Waals surface area (Å²) in [4.78, 5) is 11.6. The summed E-state index contributed by atoms with van der Waals surface area (Å²) in [5.41, 5.74) is 0.900. The van der Waals surface area contributed by atoms with Crippen molar-refractivity contribution in [1.29, 1.82) is 0 Å². The van der Waals surface area contributed by atoms with Gasteiger partial charge in [0.25, 0.3) is 0 Å². The Bertz CT molecular complexity index is 564.